The molecule has 144 valence electrons. The van der Waals surface area contributed by atoms with E-state index >= 15 is 0 Å². The summed E-state index contributed by atoms with van der Waals surface area (Å²) in [5.41, 5.74) is 1.34. The summed E-state index contributed by atoms with van der Waals surface area (Å²) in [5, 5.41) is 12.4. The van der Waals surface area contributed by atoms with Crippen LogP contribution in [0.2, 0.25) is 0 Å². The Labute approximate surface area is 163 Å². The van der Waals surface area contributed by atoms with Crippen molar-refractivity contribution in [2.75, 3.05) is 31.2 Å². The van der Waals surface area contributed by atoms with Crippen LogP contribution < -0.4 is 5.32 Å². The average molecular weight is 388 g/mol. The van der Waals surface area contributed by atoms with Crippen LogP contribution in [-0.2, 0) is 11.8 Å². The van der Waals surface area contributed by atoms with E-state index in [1.54, 1.807) is 36.0 Å². The molecule has 1 aliphatic heterocycles. The zero-order chi connectivity index (χ0) is 19.4. The third-order valence-corrected chi connectivity index (χ3v) is 5.58. The number of anilines is 1. The number of hydrogen-bond acceptors (Lipinski definition) is 6. The summed E-state index contributed by atoms with van der Waals surface area (Å²) in [5.74, 6) is 1.25. The molecule has 1 aromatic heterocycles. The number of hydrogen-bond donors (Lipinski definition) is 1. The summed E-state index contributed by atoms with van der Waals surface area (Å²) < 4.78 is 2.05. The van der Waals surface area contributed by atoms with E-state index in [1.165, 1.54) is 6.92 Å². The first-order valence-electron chi connectivity index (χ1n) is 9.04. The van der Waals surface area contributed by atoms with Gasteiger partial charge in [-0.2, -0.15) is 0 Å². The van der Waals surface area contributed by atoms with Crippen molar-refractivity contribution in [1.29, 1.82) is 0 Å². The van der Waals surface area contributed by atoms with Crippen molar-refractivity contribution in [2.24, 2.45) is 7.05 Å². The second-order valence-corrected chi connectivity index (χ2v) is 7.63. The van der Waals surface area contributed by atoms with Crippen molar-refractivity contribution in [3.8, 4) is 0 Å². The van der Waals surface area contributed by atoms with Crippen LogP contribution in [0.4, 0.5) is 5.69 Å². The fourth-order valence-electron chi connectivity index (χ4n) is 3.46. The first-order chi connectivity index (χ1) is 13.0. The van der Waals surface area contributed by atoms with Gasteiger partial charge in [-0.05, 0) is 56.8 Å². The molecule has 2 aromatic rings. The minimum Gasteiger partial charge on any atom is -0.325 e. The molecular formula is C19H25N5O2S. The van der Waals surface area contributed by atoms with Gasteiger partial charge in [-0.25, -0.2) is 0 Å². The Morgan fingerprint density at radius 3 is 2.63 bits per heavy atom. The topological polar surface area (TPSA) is 80.1 Å². The van der Waals surface area contributed by atoms with Gasteiger partial charge in [-0.1, -0.05) is 11.8 Å². The molecule has 1 aromatic carbocycles. The largest absolute Gasteiger partial charge is 0.325 e. The highest BCUT2D eigenvalue weighted by Crippen LogP contribution is 2.27. The normalized spacial score (nSPS) is 17.7. The van der Waals surface area contributed by atoms with Gasteiger partial charge < -0.3 is 9.88 Å². The Balaban J connectivity index is 1.57. The quantitative estimate of drug-likeness (QED) is 0.606. The number of Topliss-reactive ketones (excluding diaryl/α,β-unsaturated/α-hetero) is 1. The second kappa shape index (κ2) is 8.67. The number of likely N-dealkylation sites (tertiary alicyclic amines) is 1. The van der Waals surface area contributed by atoms with E-state index < -0.39 is 0 Å². The van der Waals surface area contributed by atoms with E-state index in [9.17, 15) is 9.59 Å². The van der Waals surface area contributed by atoms with Gasteiger partial charge >= 0.3 is 0 Å². The van der Waals surface area contributed by atoms with Crippen LogP contribution in [0.3, 0.4) is 0 Å². The highest BCUT2D eigenvalue weighted by molar-refractivity contribution is 7.98. The molecule has 0 bridgehead atoms. The number of nitrogens with one attached hydrogen (secondary N) is 1. The molecule has 2 heterocycles. The predicted octanol–water partition coefficient (Wildman–Crippen LogP) is 2.56. The smallest absolute Gasteiger partial charge is 0.238 e. The van der Waals surface area contributed by atoms with Gasteiger partial charge in [0.25, 0.3) is 0 Å². The summed E-state index contributed by atoms with van der Waals surface area (Å²) in [6, 6.07) is 6.98. The lowest BCUT2D eigenvalue weighted by atomic mass is 9.97. The highest BCUT2D eigenvalue weighted by Gasteiger charge is 2.26. The SMILES string of the molecule is CSc1nnc([C@H]2CCCN(CC(=O)Nc3ccc(C(C)=O)cc3)C2)n1C. The number of aromatic nitrogens is 3. The molecule has 0 radical (unpaired) electrons. The molecule has 0 spiro atoms. The highest BCUT2D eigenvalue weighted by atomic mass is 32.2. The lowest BCUT2D eigenvalue weighted by Crippen LogP contribution is -2.40. The molecule has 0 aliphatic carbocycles. The van der Waals surface area contributed by atoms with Crippen molar-refractivity contribution in [1.82, 2.24) is 19.7 Å². The maximum Gasteiger partial charge on any atom is 0.238 e. The van der Waals surface area contributed by atoms with E-state index in [4.69, 9.17) is 0 Å². The number of carbonyl (C=O) groups is 2. The molecule has 8 heteroatoms. The summed E-state index contributed by atoms with van der Waals surface area (Å²) in [4.78, 5) is 25.9. The summed E-state index contributed by atoms with van der Waals surface area (Å²) in [6.45, 7) is 3.58. The second-order valence-electron chi connectivity index (χ2n) is 6.86. The molecule has 1 aliphatic rings. The Morgan fingerprint density at radius 1 is 1.26 bits per heavy atom. The van der Waals surface area contributed by atoms with Crippen LogP contribution in [0.1, 0.15) is 41.9 Å². The van der Waals surface area contributed by atoms with Crippen molar-refractivity contribution in [3.05, 3.63) is 35.7 Å². The van der Waals surface area contributed by atoms with E-state index in [0.29, 0.717) is 23.7 Å². The molecule has 0 saturated carbocycles. The average Bonchev–Trinajstić information content (AvgIpc) is 3.03. The molecular weight excluding hydrogens is 362 g/mol. The van der Waals surface area contributed by atoms with Crippen molar-refractivity contribution in [3.63, 3.8) is 0 Å². The van der Waals surface area contributed by atoms with Gasteiger partial charge in [0.15, 0.2) is 10.9 Å². The van der Waals surface area contributed by atoms with Crippen LogP contribution in [0.15, 0.2) is 29.4 Å². The third-order valence-electron chi connectivity index (χ3n) is 4.86. The Kier molecular flexibility index (Phi) is 6.28. The fourth-order valence-corrected chi connectivity index (χ4v) is 3.95. The number of carbonyl (C=O) groups excluding carboxylic acids is 2. The fraction of sp³-hybridized carbons (Fsp3) is 0.474. The molecule has 1 saturated heterocycles. The molecule has 27 heavy (non-hydrogen) atoms. The van der Waals surface area contributed by atoms with Gasteiger partial charge in [0.1, 0.15) is 5.82 Å². The van der Waals surface area contributed by atoms with Crippen LogP contribution in [0.5, 0.6) is 0 Å². The zero-order valence-corrected chi connectivity index (χ0v) is 16.8. The van der Waals surface area contributed by atoms with Gasteiger partial charge in [-0.3, -0.25) is 14.5 Å². The first kappa shape index (κ1) is 19.6. The number of piperidine rings is 1. The molecule has 1 N–H and O–H groups in total. The monoisotopic (exact) mass is 387 g/mol. The molecule has 3 rings (SSSR count). The summed E-state index contributed by atoms with van der Waals surface area (Å²) >= 11 is 1.59. The number of thioether (sulfide) groups is 1. The molecule has 1 amide bonds. The number of ketones is 1. The molecule has 7 nitrogen and oxygen atoms in total. The molecule has 1 fully saturated rings. The van der Waals surface area contributed by atoms with Crippen molar-refractivity contribution >= 4 is 29.1 Å². The van der Waals surface area contributed by atoms with Crippen LogP contribution >= 0.6 is 11.8 Å². The number of nitrogens with zero attached hydrogens (tertiary/aromatic N) is 4. The predicted molar refractivity (Wildman–Crippen MR) is 106 cm³/mol. The van der Waals surface area contributed by atoms with Crippen LogP contribution in [0, 0.1) is 0 Å². The van der Waals surface area contributed by atoms with Gasteiger partial charge in [0, 0.05) is 30.8 Å². The van der Waals surface area contributed by atoms with Crippen molar-refractivity contribution in [2.45, 2.75) is 30.8 Å². The Morgan fingerprint density at radius 2 is 2.00 bits per heavy atom. The minimum absolute atomic E-state index is 0.0145. The van der Waals surface area contributed by atoms with Crippen LogP contribution in [-0.4, -0.2) is 57.2 Å². The minimum atomic E-state index is -0.0472. The maximum absolute atomic E-state index is 12.4. The van der Waals surface area contributed by atoms with Gasteiger partial charge in [0.05, 0.1) is 6.54 Å². The summed E-state index contributed by atoms with van der Waals surface area (Å²) in [7, 11) is 2.00. The molecule has 0 unspecified atom stereocenters. The standard InChI is InChI=1S/C19H25N5O2S/c1-13(25)14-6-8-16(9-7-14)20-17(26)12-24-10-4-5-15(11-24)18-21-22-19(27-3)23(18)2/h6-9,15H,4-5,10-12H2,1-3H3,(H,20,26)/t15-/m0/s1. The maximum atomic E-state index is 12.4. The Hall–Kier alpha value is -2.19. The van der Waals surface area contributed by atoms with E-state index in [0.717, 1.165) is 36.9 Å². The zero-order valence-electron chi connectivity index (χ0n) is 15.9. The lowest BCUT2D eigenvalue weighted by molar-refractivity contribution is -0.117. The van der Waals surface area contributed by atoms with Crippen molar-refractivity contribution < 1.29 is 9.59 Å². The number of amides is 1. The van der Waals surface area contributed by atoms with Gasteiger partial charge in [0.2, 0.25) is 5.91 Å². The number of rotatable bonds is 6. The summed E-state index contributed by atoms with van der Waals surface area (Å²) in [6.07, 6.45) is 4.09. The van der Waals surface area contributed by atoms with Crippen LogP contribution in [0.25, 0.3) is 0 Å². The van der Waals surface area contributed by atoms with Gasteiger partial charge in [-0.15, -0.1) is 10.2 Å². The first-order valence-corrected chi connectivity index (χ1v) is 10.3. The molecule has 1 atom stereocenters. The van der Waals surface area contributed by atoms with E-state index in [-0.39, 0.29) is 11.7 Å². The number of benzene rings is 1. The lowest BCUT2D eigenvalue weighted by Gasteiger charge is -2.31. The van der Waals surface area contributed by atoms with E-state index in [2.05, 4.69) is 25.0 Å². The van der Waals surface area contributed by atoms with E-state index in [1.807, 2.05) is 13.3 Å². The Bertz CT molecular complexity index is 818. The third kappa shape index (κ3) is 4.75.